The van der Waals surface area contributed by atoms with Gasteiger partial charge in [0.25, 0.3) is 0 Å². The van der Waals surface area contributed by atoms with Crippen LogP contribution in [0.4, 0.5) is 0 Å². The zero-order valence-electron chi connectivity index (χ0n) is 28.7. The van der Waals surface area contributed by atoms with Crippen LogP contribution in [0.3, 0.4) is 0 Å². The lowest BCUT2D eigenvalue weighted by atomic mass is 9.99. The Morgan fingerprint density at radius 1 is 0.489 bits per heavy atom. The lowest BCUT2D eigenvalue weighted by molar-refractivity contribution is 0.0684. The summed E-state index contributed by atoms with van der Waals surface area (Å²) in [6, 6.07) is 4.47. The van der Waals surface area contributed by atoms with Crippen LogP contribution in [0.15, 0.2) is 34.1 Å². The first-order valence-corrected chi connectivity index (χ1v) is 19.5. The maximum atomic E-state index is 14.3. The normalized spacial score (nSPS) is 11.6. The van der Waals surface area contributed by atoms with E-state index in [4.69, 9.17) is 0 Å². The minimum absolute atomic E-state index is 0.0259. The highest BCUT2D eigenvalue weighted by Crippen LogP contribution is 2.41. The minimum Gasteiger partial charge on any atom is -0.507 e. The van der Waals surface area contributed by atoms with Crippen LogP contribution < -0.4 is 0 Å². The van der Waals surface area contributed by atoms with Crippen LogP contribution in [0.2, 0.25) is 0 Å². The Balaban J connectivity index is 2.28. The molecule has 0 amide bonds. The van der Waals surface area contributed by atoms with Gasteiger partial charge in [0.1, 0.15) is 21.3 Å². The molecule has 0 saturated heterocycles. The number of aromatic hydroxyl groups is 2. The fourth-order valence-corrected chi connectivity index (χ4v) is 8.37. The summed E-state index contributed by atoms with van der Waals surface area (Å²) in [5.41, 5.74) is -0.519. The van der Waals surface area contributed by atoms with Crippen molar-refractivity contribution >= 4 is 21.8 Å². The van der Waals surface area contributed by atoms with Gasteiger partial charge in [0.15, 0.2) is 0 Å². The number of carboxylic acids is 2. The number of hydrogen-bond acceptors (Lipinski definition) is 6. The number of unbranched alkanes of at least 4 members (excludes halogenated alkanes) is 18. The number of aromatic carboxylic acids is 2. The van der Waals surface area contributed by atoms with Crippen molar-refractivity contribution in [3.8, 4) is 11.5 Å². The van der Waals surface area contributed by atoms with Crippen molar-refractivity contribution in [3.05, 3.63) is 46.5 Å². The molecule has 0 atom stereocenters. The molecule has 0 radical (unpaired) electrons. The van der Waals surface area contributed by atoms with E-state index in [9.17, 15) is 38.4 Å². The maximum Gasteiger partial charge on any atom is 0.336 e. The number of carboxylic acid groups (broad SMARTS) is 2. The minimum atomic E-state index is -4.73. The lowest BCUT2D eigenvalue weighted by Crippen LogP contribution is -2.15. The molecule has 0 aliphatic rings. The van der Waals surface area contributed by atoms with Crippen LogP contribution in [0.1, 0.15) is 174 Å². The third kappa shape index (κ3) is 12.8. The van der Waals surface area contributed by atoms with E-state index < -0.39 is 43.1 Å². The molecule has 0 aliphatic carbocycles. The third-order valence-electron chi connectivity index (χ3n) is 9.04. The van der Waals surface area contributed by atoms with Gasteiger partial charge in [-0.15, -0.1) is 0 Å². The smallest absolute Gasteiger partial charge is 0.336 e. The molecular weight excluding hydrogens is 616 g/mol. The molecule has 0 fully saturated rings. The molecule has 0 heterocycles. The standard InChI is InChI=1S/C38H58O8S/c1-3-5-7-9-11-13-15-17-19-21-23-29-31(37(41)42)25-27-33(39)35(29)47(45,46)36-30(32(38(43)44)26-28-34(36)40)24-22-20-18-16-14-12-10-8-6-4-2/h25-28,39-40H,3-24H2,1-2H3,(H,41,42)(H,43,44). The molecule has 8 nitrogen and oxygen atoms in total. The highest BCUT2D eigenvalue weighted by molar-refractivity contribution is 7.91. The molecule has 47 heavy (non-hydrogen) atoms. The Morgan fingerprint density at radius 2 is 0.766 bits per heavy atom. The van der Waals surface area contributed by atoms with Crippen LogP contribution >= 0.6 is 0 Å². The number of rotatable bonds is 26. The van der Waals surface area contributed by atoms with E-state index in [0.29, 0.717) is 12.8 Å². The Hall–Kier alpha value is -3.07. The van der Waals surface area contributed by atoms with E-state index in [-0.39, 0.29) is 35.1 Å². The summed E-state index contributed by atoms with van der Waals surface area (Å²) in [6.45, 7) is 4.38. The van der Waals surface area contributed by atoms with Gasteiger partial charge in [-0.05, 0) is 61.1 Å². The molecule has 0 saturated carbocycles. The van der Waals surface area contributed by atoms with Gasteiger partial charge < -0.3 is 20.4 Å². The second-order valence-corrected chi connectivity index (χ2v) is 14.7. The zero-order valence-corrected chi connectivity index (χ0v) is 29.5. The Kier molecular flexibility index (Phi) is 18.5. The van der Waals surface area contributed by atoms with Crippen molar-refractivity contribution in [2.45, 2.75) is 165 Å². The van der Waals surface area contributed by atoms with Gasteiger partial charge in [-0.25, -0.2) is 18.0 Å². The van der Waals surface area contributed by atoms with E-state index >= 15 is 0 Å². The number of carbonyl (C=O) groups is 2. The molecule has 2 aromatic carbocycles. The second kappa shape index (κ2) is 21.7. The van der Waals surface area contributed by atoms with Crippen molar-refractivity contribution in [2.75, 3.05) is 0 Å². The molecule has 0 unspecified atom stereocenters. The predicted octanol–water partition coefficient (Wildman–Crippen LogP) is 10.3. The van der Waals surface area contributed by atoms with Gasteiger partial charge in [-0.1, -0.05) is 129 Å². The first kappa shape index (κ1) is 40.1. The fraction of sp³-hybridized carbons (Fsp3) is 0.632. The molecular formula is C38H58O8S. The van der Waals surface area contributed by atoms with E-state index in [2.05, 4.69) is 13.8 Å². The molecule has 264 valence electrons. The van der Waals surface area contributed by atoms with E-state index in [0.717, 1.165) is 63.5 Å². The first-order chi connectivity index (χ1) is 22.6. The largest absolute Gasteiger partial charge is 0.507 e. The van der Waals surface area contributed by atoms with Crippen molar-refractivity contribution in [3.63, 3.8) is 0 Å². The summed E-state index contributed by atoms with van der Waals surface area (Å²) < 4.78 is 28.7. The maximum absolute atomic E-state index is 14.3. The van der Waals surface area contributed by atoms with Crippen molar-refractivity contribution in [1.82, 2.24) is 0 Å². The summed E-state index contributed by atoms with van der Waals surface area (Å²) in [5.74, 6) is -3.89. The highest BCUT2D eigenvalue weighted by Gasteiger charge is 2.34. The number of phenolic OH excluding ortho intramolecular Hbond substituents is 2. The van der Waals surface area contributed by atoms with Crippen molar-refractivity contribution < 1.29 is 38.4 Å². The monoisotopic (exact) mass is 674 g/mol. The van der Waals surface area contributed by atoms with Gasteiger partial charge in [0, 0.05) is 0 Å². The van der Waals surface area contributed by atoms with Crippen LogP contribution in [0.5, 0.6) is 11.5 Å². The molecule has 0 spiro atoms. The average molecular weight is 675 g/mol. The van der Waals surface area contributed by atoms with Gasteiger partial charge in [0.05, 0.1) is 11.1 Å². The number of sulfone groups is 1. The Morgan fingerprint density at radius 3 is 1.04 bits per heavy atom. The SMILES string of the molecule is CCCCCCCCCCCCc1c(C(=O)O)ccc(O)c1S(=O)(=O)c1c(O)ccc(C(=O)O)c1CCCCCCCCCCCC. The third-order valence-corrected chi connectivity index (χ3v) is 11.0. The van der Waals surface area contributed by atoms with E-state index in [1.165, 1.54) is 76.3 Å². The summed E-state index contributed by atoms with van der Waals surface area (Å²) in [5, 5.41) is 41.7. The van der Waals surface area contributed by atoms with Crippen LogP contribution in [-0.4, -0.2) is 40.8 Å². The van der Waals surface area contributed by atoms with Crippen LogP contribution in [0.25, 0.3) is 0 Å². The molecule has 2 rings (SSSR count). The molecule has 9 heteroatoms. The van der Waals surface area contributed by atoms with Gasteiger partial charge in [-0.3, -0.25) is 0 Å². The summed E-state index contributed by atoms with van der Waals surface area (Å²) in [4.78, 5) is 23.3. The molecule has 0 bridgehead atoms. The molecule has 0 aliphatic heterocycles. The predicted molar refractivity (Wildman–Crippen MR) is 187 cm³/mol. The fourth-order valence-electron chi connectivity index (χ4n) is 6.41. The van der Waals surface area contributed by atoms with Crippen LogP contribution in [0, 0.1) is 0 Å². The average Bonchev–Trinajstić information content (AvgIpc) is 3.02. The summed E-state index contributed by atoms with van der Waals surface area (Å²) >= 11 is 0. The lowest BCUT2D eigenvalue weighted by Gasteiger charge is -2.19. The number of benzene rings is 2. The topological polar surface area (TPSA) is 149 Å². The van der Waals surface area contributed by atoms with Crippen molar-refractivity contribution in [1.29, 1.82) is 0 Å². The molecule has 4 N–H and O–H groups in total. The van der Waals surface area contributed by atoms with Gasteiger partial charge >= 0.3 is 11.9 Å². The highest BCUT2D eigenvalue weighted by atomic mass is 32.2. The number of hydrogen-bond donors (Lipinski definition) is 4. The quantitative estimate of drug-likeness (QED) is 0.0720. The van der Waals surface area contributed by atoms with E-state index in [1.807, 2.05) is 0 Å². The van der Waals surface area contributed by atoms with Crippen molar-refractivity contribution in [2.24, 2.45) is 0 Å². The second-order valence-electron chi connectivity index (χ2n) is 12.9. The Bertz CT molecular complexity index is 1270. The first-order valence-electron chi connectivity index (χ1n) is 18.0. The van der Waals surface area contributed by atoms with E-state index in [1.54, 1.807) is 0 Å². The molecule has 0 aromatic heterocycles. The summed E-state index contributed by atoms with van der Waals surface area (Å²) in [6.07, 6.45) is 21.2. The van der Waals surface area contributed by atoms with Gasteiger partial charge in [-0.2, -0.15) is 0 Å². The molecule has 2 aromatic rings. The Labute approximate surface area is 282 Å². The van der Waals surface area contributed by atoms with Gasteiger partial charge in [0.2, 0.25) is 9.84 Å². The van der Waals surface area contributed by atoms with Crippen LogP contribution in [-0.2, 0) is 22.7 Å². The number of phenols is 2. The zero-order chi connectivity index (χ0) is 34.7. The summed E-state index contributed by atoms with van der Waals surface area (Å²) in [7, 11) is -4.73.